The van der Waals surface area contributed by atoms with Crippen LogP contribution in [0, 0.1) is 5.92 Å². The lowest BCUT2D eigenvalue weighted by Crippen LogP contribution is -2.16. The van der Waals surface area contributed by atoms with Crippen LogP contribution in [0.15, 0.2) is 12.2 Å². The summed E-state index contributed by atoms with van der Waals surface area (Å²) in [6.45, 7) is 0. The zero-order valence-electron chi connectivity index (χ0n) is 7.45. The van der Waals surface area contributed by atoms with Crippen molar-refractivity contribution in [3.8, 4) is 0 Å². The van der Waals surface area contributed by atoms with Crippen LogP contribution >= 0.6 is 25.3 Å². The molecule has 12 heavy (non-hydrogen) atoms. The largest absolute Gasteiger partial charge is 0.179 e. The Hall–Kier alpha value is 0.440. The second-order valence-electron chi connectivity index (χ2n) is 3.49. The van der Waals surface area contributed by atoms with E-state index in [0.717, 1.165) is 18.1 Å². The van der Waals surface area contributed by atoms with Gasteiger partial charge in [0.25, 0.3) is 0 Å². The summed E-state index contributed by atoms with van der Waals surface area (Å²) < 4.78 is 0. The van der Waals surface area contributed by atoms with E-state index >= 15 is 0 Å². The predicted molar refractivity (Wildman–Crippen MR) is 62.3 cm³/mol. The molecule has 0 saturated carbocycles. The van der Waals surface area contributed by atoms with Crippen molar-refractivity contribution < 1.29 is 0 Å². The fourth-order valence-electron chi connectivity index (χ4n) is 1.68. The molecule has 0 aromatic heterocycles. The van der Waals surface area contributed by atoms with Gasteiger partial charge in [-0.2, -0.15) is 25.3 Å². The van der Waals surface area contributed by atoms with E-state index < -0.39 is 0 Å². The molecule has 0 spiro atoms. The zero-order chi connectivity index (χ0) is 8.81. The summed E-state index contributed by atoms with van der Waals surface area (Å²) in [6, 6.07) is 0. The van der Waals surface area contributed by atoms with Gasteiger partial charge >= 0.3 is 0 Å². The van der Waals surface area contributed by atoms with Crippen LogP contribution < -0.4 is 0 Å². The minimum Gasteiger partial charge on any atom is -0.179 e. The van der Waals surface area contributed by atoms with E-state index in [4.69, 9.17) is 0 Å². The Morgan fingerprint density at radius 2 is 1.92 bits per heavy atom. The second-order valence-corrected chi connectivity index (χ2v) is 4.60. The molecule has 1 aliphatic rings. The van der Waals surface area contributed by atoms with Crippen LogP contribution in [0.5, 0.6) is 0 Å². The predicted octanol–water partition coefficient (Wildman–Crippen LogP) is 3.35. The minimum atomic E-state index is 0.606. The number of thiol groups is 2. The first kappa shape index (κ1) is 10.5. The van der Waals surface area contributed by atoms with Crippen molar-refractivity contribution in [3.63, 3.8) is 0 Å². The third-order valence-electron chi connectivity index (χ3n) is 2.51. The molecule has 2 unspecified atom stereocenters. The Balaban J connectivity index is 2.17. The maximum absolute atomic E-state index is 4.59. The van der Waals surface area contributed by atoms with Crippen LogP contribution in [0.3, 0.4) is 0 Å². The molecule has 1 rings (SSSR count). The van der Waals surface area contributed by atoms with Crippen molar-refractivity contribution in [1.82, 2.24) is 0 Å². The molecule has 1 aliphatic carbocycles. The number of hydrogen-bond donors (Lipinski definition) is 2. The van der Waals surface area contributed by atoms with Gasteiger partial charge in [0, 0.05) is 5.25 Å². The van der Waals surface area contributed by atoms with Crippen LogP contribution in [0.4, 0.5) is 0 Å². The van der Waals surface area contributed by atoms with Gasteiger partial charge in [0.2, 0.25) is 0 Å². The number of allylic oxidation sites excluding steroid dienone is 2. The fourth-order valence-corrected chi connectivity index (χ4v) is 2.30. The van der Waals surface area contributed by atoms with Gasteiger partial charge in [-0.05, 0) is 37.4 Å². The van der Waals surface area contributed by atoms with Crippen LogP contribution in [0.2, 0.25) is 0 Å². The van der Waals surface area contributed by atoms with E-state index in [-0.39, 0.29) is 0 Å². The summed E-state index contributed by atoms with van der Waals surface area (Å²) in [5.74, 6) is 1.85. The number of hydrogen-bond acceptors (Lipinski definition) is 2. The molecule has 2 heteroatoms. The summed E-state index contributed by atoms with van der Waals surface area (Å²) in [7, 11) is 0. The highest BCUT2D eigenvalue weighted by atomic mass is 32.1. The van der Waals surface area contributed by atoms with E-state index in [0.29, 0.717) is 5.25 Å². The van der Waals surface area contributed by atoms with Crippen molar-refractivity contribution in [2.75, 3.05) is 5.75 Å². The summed E-state index contributed by atoms with van der Waals surface area (Å²) in [5, 5.41) is 0.606. The minimum absolute atomic E-state index is 0.606. The van der Waals surface area contributed by atoms with Crippen LogP contribution in [-0.2, 0) is 0 Å². The number of unbranched alkanes of at least 4 members (excludes halogenated alkanes) is 1. The van der Waals surface area contributed by atoms with Crippen LogP contribution in [0.25, 0.3) is 0 Å². The Morgan fingerprint density at radius 3 is 2.58 bits per heavy atom. The monoisotopic (exact) mass is 202 g/mol. The number of rotatable bonds is 4. The van der Waals surface area contributed by atoms with Crippen molar-refractivity contribution in [3.05, 3.63) is 12.2 Å². The van der Waals surface area contributed by atoms with E-state index in [1.807, 2.05) is 0 Å². The molecule has 0 amide bonds. The lowest BCUT2D eigenvalue weighted by Gasteiger charge is -2.24. The fraction of sp³-hybridized carbons (Fsp3) is 0.800. The molecule has 0 radical (unpaired) electrons. The lowest BCUT2D eigenvalue weighted by molar-refractivity contribution is 0.443. The normalized spacial score (nSPS) is 29.2. The SMILES string of the molecule is SCCCCC1CC=CCC1S. The van der Waals surface area contributed by atoms with Gasteiger partial charge in [0.15, 0.2) is 0 Å². The summed E-state index contributed by atoms with van der Waals surface area (Å²) in [6.07, 6.45) is 10.9. The van der Waals surface area contributed by atoms with E-state index in [1.54, 1.807) is 0 Å². The van der Waals surface area contributed by atoms with Crippen molar-refractivity contribution >= 4 is 25.3 Å². The van der Waals surface area contributed by atoms with Gasteiger partial charge in [-0.15, -0.1) is 0 Å². The molecule has 0 saturated heterocycles. The quantitative estimate of drug-likeness (QED) is 0.390. The molecule has 0 aromatic rings. The molecule has 0 aromatic carbocycles. The third-order valence-corrected chi connectivity index (χ3v) is 3.46. The molecule has 2 atom stereocenters. The van der Waals surface area contributed by atoms with E-state index in [2.05, 4.69) is 37.4 Å². The Bertz CT molecular complexity index is 143. The van der Waals surface area contributed by atoms with Gasteiger partial charge in [-0.25, -0.2) is 0 Å². The topological polar surface area (TPSA) is 0 Å². The lowest BCUT2D eigenvalue weighted by atomic mass is 9.89. The molecule has 0 aliphatic heterocycles. The van der Waals surface area contributed by atoms with Gasteiger partial charge < -0.3 is 0 Å². The third kappa shape index (κ3) is 3.44. The Morgan fingerprint density at radius 1 is 1.17 bits per heavy atom. The molecule has 0 fully saturated rings. The molecule has 0 nitrogen and oxygen atoms in total. The highest BCUT2D eigenvalue weighted by molar-refractivity contribution is 7.81. The molecular formula is C10H18S2. The first-order valence-electron chi connectivity index (χ1n) is 4.78. The molecule has 0 heterocycles. The zero-order valence-corrected chi connectivity index (χ0v) is 9.24. The average Bonchev–Trinajstić information content (AvgIpc) is 2.09. The van der Waals surface area contributed by atoms with Gasteiger partial charge in [-0.1, -0.05) is 18.6 Å². The molecule has 0 N–H and O–H groups in total. The molecule has 0 bridgehead atoms. The highest BCUT2D eigenvalue weighted by Crippen LogP contribution is 2.27. The summed E-state index contributed by atoms with van der Waals surface area (Å²) in [5.41, 5.74) is 0. The standard InChI is InChI=1S/C10H18S2/c11-8-4-3-6-9-5-1-2-7-10(9)12/h1-2,9-12H,3-8H2. The Labute approximate surface area is 86.6 Å². The first-order valence-corrected chi connectivity index (χ1v) is 5.93. The van der Waals surface area contributed by atoms with Gasteiger partial charge in [0.05, 0.1) is 0 Å². The van der Waals surface area contributed by atoms with Crippen molar-refractivity contribution in [2.24, 2.45) is 5.92 Å². The van der Waals surface area contributed by atoms with Gasteiger partial charge in [0.1, 0.15) is 0 Å². The van der Waals surface area contributed by atoms with Crippen LogP contribution in [0.1, 0.15) is 32.1 Å². The van der Waals surface area contributed by atoms with Crippen molar-refractivity contribution in [2.45, 2.75) is 37.4 Å². The first-order chi connectivity index (χ1) is 5.84. The maximum Gasteiger partial charge on any atom is 0.00825 e. The van der Waals surface area contributed by atoms with E-state index in [1.165, 1.54) is 25.7 Å². The highest BCUT2D eigenvalue weighted by Gasteiger charge is 2.17. The summed E-state index contributed by atoms with van der Waals surface area (Å²) >= 11 is 8.80. The average molecular weight is 202 g/mol. The summed E-state index contributed by atoms with van der Waals surface area (Å²) in [4.78, 5) is 0. The maximum atomic E-state index is 4.59. The van der Waals surface area contributed by atoms with Crippen molar-refractivity contribution in [1.29, 1.82) is 0 Å². The van der Waals surface area contributed by atoms with E-state index in [9.17, 15) is 0 Å². The second kappa shape index (κ2) is 5.98. The van der Waals surface area contributed by atoms with Gasteiger partial charge in [-0.3, -0.25) is 0 Å². The Kier molecular flexibility index (Phi) is 5.24. The molecular weight excluding hydrogens is 184 g/mol. The smallest absolute Gasteiger partial charge is 0.00825 e. The van der Waals surface area contributed by atoms with Crippen LogP contribution in [-0.4, -0.2) is 11.0 Å². The molecule has 70 valence electrons.